The van der Waals surface area contributed by atoms with Gasteiger partial charge in [0.15, 0.2) is 0 Å². The van der Waals surface area contributed by atoms with E-state index in [2.05, 4.69) is 50.1 Å². The van der Waals surface area contributed by atoms with Gasteiger partial charge >= 0.3 is 0 Å². The number of likely N-dealkylation sites (tertiary alicyclic amines) is 1. The number of rotatable bonds is 8. The monoisotopic (exact) mass is 404 g/mol. The molecular weight excluding hydrogens is 360 g/mol. The zero-order valence-corrected chi connectivity index (χ0v) is 19.5. The first-order chi connectivity index (χ1) is 14.1. The first-order valence-electron chi connectivity index (χ1n) is 11.7. The quantitative estimate of drug-likeness (QED) is 0.682. The van der Waals surface area contributed by atoms with Gasteiger partial charge in [0, 0.05) is 19.6 Å². The van der Waals surface area contributed by atoms with E-state index < -0.39 is 0 Å². The molecule has 2 rings (SSSR count). The molecule has 1 aromatic rings. The molecule has 1 saturated heterocycles. The highest BCUT2D eigenvalue weighted by molar-refractivity contribution is 5.77. The molecule has 1 aliphatic rings. The zero-order valence-electron chi connectivity index (χ0n) is 19.5. The van der Waals surface area contributed by atoms with Crippen molar-refractivity contribution in [2.75, 3.05) is 39.8 Å². The normalized spacial score (nSPS) is 19.9. The zero-order chi connectivity index (χ0) is 21.6. The van der Waals surface area contributed by atoms with E-state index in [-0.39, 0.29) is 12.5 Å². The van der Waals surface area contributed by atoms with Crippen LogP contribution in [0.15, 0.2) is 24.3 Å². The van der Waals surface area contributed by atoms with Gasteiger partial charge in [-0.25, -0.2) is 0 Å². The minimum absolute atomic E-state index is 0.124. The topological polar surface area (TPSA) is 43.8 Å². The summed E-state index contributed by atoms with van der Waals surface area (Å²) in [6.07, 6.45) is 6.72. The minimum Gasteiger partial charge on any atom is -0.387 e. The van der Waals surface area contributed by atoms with Crippen molar-refractivity contribution in [1.82, 2.24) is 9.80 Å². The predicted molar refractivity (Wildman–Crippen MR) is 123 cm³/mol. The summed E-state index contributed by atoms with van der Waals surface area (Å²) >= 11 is 0. The minimum atomic E-state index is -0.373. The highest BCUT2D eigenvalue weighted by Crippen LogP contribution is 2.31. The van der Waals surface area contributed by atoms with E-state index >= 15 is 0 Å². The van der Waals surface area contributed by atoms with Crippen LogP contribution in [0.1, 0.15) is 76.8 Å². The van der Waals surface area contributed by atoms with E-state index in [0.29, 0.717) is 11.8 Å². The molecule has 1 fully saturated rings. The molecule has 0 aliphatic carbocycles. The fraction of sp³-hybridized carbons (Fsp3) is 0.720. The molecule has 0 spiro atoms. The molecule has 4 heteroatoms. The summed E-state index contributed by atoms with van der Waals surface area (Å²) in [5.41, 5.74) is 2.80. The molecule has 0 radical (unpaired) electrons. The molecule has 166 valence electrons. The van der Waals surface area contributed by atoms with Gasteiger partial charge in [0.1, 0.15) is 6.61 Å². The molecule has 0 aromatic heterocycles. The SMILES string of the molecule is CC.CCCN(C)CCc1ccc(C2CCC(CC)CN(C(=O)CO)CC2)cc1. The van der Waals surface area contributed by atoms with Gasteiger partial charge in [-0.05, 0) is 68.7 Å². The van der Waals surface area contributed by atoms with Gasteiger partial charge in [0.25, 0.3) is 0 Å². The van der Waals surface area contributed by atoms with Gasteiger partial charge in [-0.15, -0.1) is 0 Å². The average Bonchev–Trinajstić information content (AvgIpc) is 2.74. The van der Waals surface area contributed by atoms with Crippen molar-refractivity contribution in [3.63, 3.8) is 0 Å². The van der Waals surface area contributed by atoms with E-state index in [1.54, 1.807) is 0 Å². The van der Waals surface area contributed by atoms with Crippen molar-refractivity contribution >= 4 is 5.91 Å². The number of likely N-dealkylation sites (N-methyl/N-ethyl adjacent to an activating group) is 1. The van der Waals surface area contributed by atoms with Crippen molar-refractivity contribution in [2.24, 2.45) is 5.92 Å². The van der Waals surface area contributed by atoms with Crippen LogP contribution in [-0.4, -0.2) is 60.6 Å². The Kier molecular flexibility index (Phi) is 12.9. The molecule has 2 unspecified atom stereocenters. The molecular formula is C25H44N2O2. The molecule has 0 bridgehead atoms. The van der Waals surface area contributed by atoms with Crippen LogP contribution < -0.4 is 0 Å². The number of carbonyl (C=O) groups excluding carboxylic acids is 1. The summed E-state index contributed by atoms with van der Waals surface area (Å²) in [6, 6.07) is 9.14. The summed E-state index contributed by atoms with van der Waals surface area (Å²) in [4.78, 5) is 16.3. The Balaban J connectivity index is 0.00000204. The summed E-state index contributed by atoms with van der Waals surface area (Å²) in [5, 5.41) is 9.25. The van der Waals surface area contributed by atoms with Gasteiger partial charge in [-0.3, -0.25) is 4.79 Å². The van der Waals surface area contributed by atoms with Gasteiger partial charge < -0.3 is 14.9 Å². The largest absolute Gasteiger partial charge is 0.387 e. The number of amides is 1. The van der Waals surface area contributed by atoms with Crippen molar-refractivity contribution in [3.8, 4) is 0 Å². The van der Waals surface area contributed by atoms with E-state index in [0.717, 1.165) is 51.9 Å². The molecule has 1 aliphatic heterocycles. The summed E-state index contributed by atoms with van der Waals surface area (Å²) in [6.45, 7) is 11.9. The Morgan fingerprint density at radius 1 is 1.10 bits per heavy atom. The first kappa shape index (κ1) is 25.6. The van der Waals surface area contributed by atoms with Crippen LogP contribution in [0.2, 0.25) is 0 Å². The fourth-order valence-electron chi connectivity index (χ4n) is 4.15. The van der Waals surface area contributed by atoms with Crippen molar-refractivity contribution < 1.29 is 9.90 Å². The van der Waals surface area contributed by atoms with Crippen LogP contribution in [0, 0.1) is 5.92 Å². The predicted octanol–water partition coefficient (Wildman–Crippen LogP) is 4.71. The lowest BCUT2D eigenvalue weighted by Crippen LogP contribution is -2.39. The smallest absolute Gasteiger partial charge is 0.248 e. The maximum Gasteiger partial charge on any atom is 0.248 e. The molecule has 1 heterocycles. The molecule has 1 amide bonds. The third-order valence-electron chi connectivity index (χ3n) is 6.05. The molecule has 1 N–H and O–H groups in total. The average molecular weight is 405 g/mol. The summed E-state index contributed by atoms with van der Waals surface area (Å²) < 4.78 is 0. The number of nitrogens with zero attached hydrogens (tertiary/aromatic N) is 2. The van der Waals surface area contributed by atoms with Crippen molar-refractivity contribution in [2.45, 2.75) is 72.1 Å². The summed E-state index contributed by atoms with van der Waals surface area (Å²) in [5.74, 6) is 0.919. The lowest BCUT2D eigenvalue weighted by Gasteiger charge is -2.32. The molecule has 4 nitrogen and oxygen atoms in total. The molecule has 1 aromatic carbocycles. The lowest BCUT2D eigenvalue weighted by molar-refractivity contribution is -0.135. The van der Waals surface area contributed by atoms with Crippen molar-refractivity contribution in [1.29, 1.82) is 0 Å². The number of aliphatic hydroxyl groups excluding tert-OH is 1. The van der Waals surface area contributed by atoms with E-state index in [9.17, 15) is 9.90 Å². The third-order valence-corrected chi connectivity index (χ3v) is 6.05. The number of carbonyl (C=O) groups is 1. The van der Waals surface area contributed by atoms with Gasteiger partial charge in [0.2, 0.25) is 5.91 Å². The second kappa shape index (κ2) is 14.6. The third kappa shape index (κ3) is 8.88. The standard InChI is InChI=1S/C23H38N2O2.C2H6/c1-4-14-24(3)15-12-20-7-10-21(11-8-20)22-9-6-19(5-2)17-25(16-13-22)23(27)18-26;1-2/h7-8,10-11,19,22,26H,4-6,9,12-18H2,1-3H3;1-2H3. The Morgan fingerprint density at radius 3 is 2.38 bits per heavy atom. The first-order valence-corrected chi connectivity index (χ1v) is 11.7. The van der Waals surface area contributed by atoms with Crippen LogP contribution in [-0.2, 0) is 11.2 Å². The van der Waals surface area contributed by atoms with E-state index in [4.69, 9.17) is 0 Å². The second-order valence-corrected chi connectivity index (χ2v) is 8.13. The van der Waals surface area contributed by atoms with Crippen LogP contribution in [0.4, 0.5) is 0 Å². The Bertz CT molecular complexity index is 558. The Morgan fingerprint density at radius 2 is 1.79 bits per heavy atom. The molecule has 2 atom stereocenters. The van der Waals surface area contributed by atoms with Crippen LogP contribution >= 0.6 is 0 Å². The maximum atomic E-state index is 12.0. The molecule has 0 saturated carbocycles. The number of benzene rings is 1. The fourth-order valence-corrected chi connectivity index (χ4v) is 4.15. The number of aliphatic hydroxyl groups is 1. The van der Waals surface area contributed by atoms with Gasteiger partial charge in [-0.2, -0.15) is 0 Å². The van der Waals surface area contributed by atoms with Crippen LogP contribution in [0.5, 0.6) is 0 Å². The lowest BCUT2D eigenvalue weighted by atomic mass is 9.85. The Labute approximate surface area is 179 Å². The second-order valence-electron chi connectivity index (χ2n) is 8.13. The highest BCUT2D eigenvalue weighted by Gasteiger charge is 2.24. The van der Waals surface area contributed by atoms with E-state index in [1.807, 2.05) is 18.7 Å². The van der Waals surface area contributed by atoms with Crippen LogP contribution in [0.3, 0.4) is 0 Å². The maximum absolute atomic E-state index is 12.0. The summed E-state index contributed by atoms with van der Waals surface area (Å²) in [7, 11) is 2.19. The van der Waals surface area contributed by atoms with Gasteiger partial charge in [0.05, 0.1) is 0 Å². The highest BCUT2D eigenvalue weighted by atomic mass is 16.3. The molecule has 29 heavy (non-hydrogen) atoms. The Hall–Kier alpha value is -1.39. The number of hydrogen-bond acceptors (Lipinski definition) is 3. The van der Waals surface area contributed by atoms with Crippen LogP contribution in [0.25, 0.3) is 0 Å². The van der Waals surface area contributed by atoms with Gasteiger partial charge in [-0.1, -0.05) is 58.4 Å². The number of hydrogen-bond donors (Lipinski definition) is 1. The van der Waals surface area contributed by atoms with Crippen molar-refractivity contribution in [3.05, 3.63) is 35.4 Å². The van der Waals surface area contributed by atoms with E-state index in [1.165, 1.54) is 24.0 Å².